The molecule has 108 valence electrons. The van der Waals surface area contributed by atoms with Gasteiger partial charge in [-0.25, -0.2) is 0 Å². The van der Waals surface area contributed by atoms with Crippen LogP contribution in [0.5, 0.6) is 5.75 Å². The molecule has 6 heteroatoms. The Balaban J connectivity index is 2.06. The van der Waals surface area contributed by atoms with E-state index >= 15 is 0 Å². The topological polar surface area (TPSA) is 78.9 Å². The van der Waals surface area contributed by atoms with E-state index in [9.17, 15) is 9.59 Å². The standard InChI is InChI=1S/C14H18N2O4/c1-10-14(19)16(8-6-13(18)15-7-9-17)11-4-2-3-5-12(11)20-10/h2-5,10,17H,6-9H2,1H3,(H,15,18). The van der Waals surface area contributed by atoms with Gasteiger partial charge in [-0.1, -0.05) is 12.1 Å². The Morgan fingerprint density at radius 1 is 1.45 bits per heavy atom. The molecule has 0 aromatic heterocycles. The molecule has 1 aromatic rings. The van der Waals surface area contributed by atoms with E-state index in [4.69, 9.17) is 9.84 Å². The van der Waals surface area contributed by atoms with Crippen LogP contribution in [-0.4, -0.2) is 42.7 Å². The number of rotatable bonds is 5. The van der Waals surface area contributed by atoms with E-state index in [1.165, 1.54) is 0 Å². The fourth-order valence-corrected chi connectivity index (χ4v) is 2.09. The quantitative estimate of drug-likeness (QED) is 0.812. The second kappa shape index (κ2) is 6.38. The second-order valence-corrected chi connectivity index (χ2v) is 4.54. The Kier molecular flexibility index (Phi) is 4.57. The third kappa shape index (κ3) is 3.08. The molecule has 0 saturated carbocycles. The number of carbonyl (C=O) groups excluding carboxylic acids is 2. The molecule has 0 saturated heterocycles. The van der Waals surface area contributed by atoms with E-state index in [1.54, 1.807) is 24.0 Å². The third-order valence-electron chi connectivity index (χ3n) is 3.07. The molecular weight excluding hydrogens is 260 g/mol. The number of para-hydroxylation sites is 2. The molecule has 0 bridgehead atoms. The van der Waals surface area contributed by atoms with Gasteiger partial charge in [0.1, 0.15) is 5.75 Å². The first-order valence-corrected chi connectivity index (χ1v) is 6.58. The summed E-state index contributed by atoms with van der Waals surface area (Å²) in [6, 6.07) is 7.26. The van der Waals surface area contributed by atoms with Crippen molar-refractivity contribution >= 4 is 17.5 Å². The summed E-state index contributed by atoms with van der Waals surface area (Å²) < 4.78 is 5.52. The Bertz CT molecular complexity index is 504. The normalized spacial score (nSPS) is 17.4. The molecule has 1 atom stereocenters. The van der Waals surface area contributed by atoms with Crippen molar-refractivity contribution in [3.05, 3.63) is 24.3 Å². The Morgan fingerprint density at radius 2 is 2.20 bits per heavy atom. The number of amides is 2. The van der Waals surface area contributed by atoms with Crippen molar-refractivity contribution in [2.75, 3.05) is 24.6 Å². The largest absolute Gasteiger partial charge is 0.479 e. The molecule has 1 heterocycles. The van der Waals surface area contributed by atoms with E-state index in [0.29, 0.717) is 18.0 Å². The highest BCUT2D eigenvalue weighted by Gasteiger charge is 2.31. The first-order valence-electron chi connectivity index (χ1n) is 6.58. The highest BCUT2D eigenvalue weighted by molar-refractivity contribution is 6.00. The predicted molar refractivity (Wildman–Crippen MR) is 73.6 cm³/mol. The highest BCUT2D eigenvalue weighted by Crippen LogP contribution is 2.33. The number of carbonyl (C=O) groups is 2. The molecule has 0 radical (unpaired) electrons. The first kappa shape index (κ1) is 14.3. The van der Waals surface area contributed by atoms with Crippen LogP contribution in [0.4, 0.5) is 5.69 Å². The number of hydrogen-bond donors (Lipinski definition) is 2. The lowest BCUT2D eigenvalue weighted by atomic mass is 10.1. The van der Waals surface area contributed by atoms with Gasteiger partial charge in [0.25, 0.3) is 5.91 Å². The van der Waals surface area contributed by atoms with Gasteiger partial charge < -0.3 is 20.1 Å². The minimum absolute atomic E-state index is 0.0951. The fraction of sp³-hybridized carbons (Fsp3) is 0.429. The number of anilines is 1. The van der Waals surface area contributed by atoms with Gasteiger partial charge in [-0.05, 0) is 19.1 Å². The molecule has 1 aromatic carbocycles. The van der Waals surface area contributed by atoms with Gasteiger partial charge in [0.2, 0.25) is 5.91 Å². The summed E-state index contributed by atoms with van der Waals surface area (Å²) in [7, 11) is 0. The molecule has 2 rings (SSSR count). The van der Waals surface area contributed by atoms with Gasteiger partial charge in [0.15, 0.2) is 6.10 Å². The summed E-state index contributed by atoms with van der Waals surface area (Å²) in [4.78, 5) is 25.3. The number of aliphatic hydroxyl groups excluding tert-OH is 1. The summed E-state index contributed by atoms with van der Waals surface area (Å²) >= 11 is 0. The number of benzene rings is 1. The highest BCUT2D eigenvalue weighted by atomic mass is 16.5. The summed E-state index contributed by atoms with van der Waals surface area (Å²) in [5, 5.41) is 11.2. The van der Waals surface area contributed by atoms with Gasteiger partial charge in [0, 0.05) is 19.5 Å². The van der Waals surface area contributed by atoms with Crippen LogP contribution in [0.25, 0.3) is 0 Å². The van der Waals surface area contributed by atoms with E-state index in [1.807, 2.05) is 12.1 Å². The SMILES string of the molecule is CC1Oc2ccccc2N(CCC(=O)NCCO)C1=O. The van der Waals surface area contributed by atoms with Crippen molar-refractivity contribution in [2.24, 2.45) is 0 Å². The van der Waals surface area contributed by atoms with Crippen LogP contribution in [0.15, 0.2) is 24.3 Å². The molecule has 0 aliphatic carbocycles. The van der Waals surface area contributed by atoms with Crippen LogP contribution in [0.2, 0.25) is 0 Å². The first-order chi connectivity index (χ1) is 9.63. The maximum Gasteiger partial charge on any atom is 0.267 e. The molecule has 1 aliphatic rings. The Labute approximate surface area is 117 Å². The number of aliphatic hydroxyl groups is 1. The van der Waals surface area contributed by atoms with Gasteiger partial charge in [-0.3, -0.25) is 9.59 Å². The van der Waals surface area contributed by atoms with Crippen LogP contribution >= 0.6 is 0 Å². The molecule has 2 N–H and O–H groups in total. The average molecular weight is 278 g/mol. The second-order valence-electron chi connectivity index (χ2n) is 4.54. The zero-order chi connectivity index (χ0) is 14.5. The average Bonchev–Trinajstić information content (AvgIpc) is 2.45. The number of nitrogens with zero attached hydrogens (tertiary/aromatic N) is 1. The van der Waals surface area contributed by atoms with Crippen LogP contribution in [0, 0.1) is 0 Å². The lowest BCUT2D eigenvalue weighted by Crippen LogP contribution is -2.45. The molecule has 20 heavy (non-hydrogen) atoms. The van der Waals surface area contributed by atoms with Crippen LogP contribution in [0.3, 0.4) is 0 Å². The third-order valence-corrected chi connectivity index (χ3v) is 3.07. The zero-order valence-corrected chi connectivity index (χ0v) is 11.3. The summed E-state index contributed by atoms with van der Waals surface area (Å²) in [6.07, 6.45) is -0.363. The summed E-state index contributed by atoms with van der Waals surface area (Å²) in [5.41, 5.74) is 0.686. The number of fused-ring (bicyclic) bond motifs is 1. The van der Waals surface area contributed by atoms with E-state index in [0.717, 1.165) is 0 Å². The Hall–Kier alpha value is -2.08. The smallest absolute Gasteiger partial charge is 0.267 e. The molecule has 2 amide bonds. The maximum atomic E-state index is 12.1. The van der Waals surface area contributed by atoms with Crippen LogP contribution < -0.4 is 15.0 Å². The number of ether oxygens (including phenoxy) is 1. The van der Waals surface area contributed by atoms with E-state index in [-0.39, 0.29) is 31.4 Å². The Morgan fingerprint density at radius 3 is 2.95 bits per heavy atom. The van der Waals surface area contributed by atoms with Gasteiger partial charge >= 0.3 is 0 Å². The minimum atomic E-state index is -0.551. The predicted octanol–water partition coefficient (Wildman–Crippen LogP) is 0.299. The summed E-state index contributed by atoms with van der Waals surface area (Å²) in [5.74, 6) is 0.303. The monoisotopic (exact) mass is 278 g/mol. The van der Waals surface area contributed by atoms with Crippen molar-refractivity contribution in [1.29, 1.82) is 0 Å². The zero-order valence-electron chi connectivity index (χ0n) is 11.3. The van der Waals surface area contributed by atoms with Crippen molar-refractivity contribution < 1.29 is 19.4 Å². The van der Waals surface area contributed by atoms with Crippen LogP contribution in [-0.2, 0) is 9.59 Å². The van der Waals surface area contributed by atoms with Gasteiger partial charge in [0.05, 0.1) is 12.3 Å². The molecule has 1 aliphatic heterocycles. The molecule has 0 fully saturated rings. The molecular formula is C14H18N2O4. The van der Waals surface area contributed by atoms with Gasteiger partial charge in [-0.15, -0.1) is 0 Å². The van der Waals surface area contributed by atoms with E-state index < -0.39 is 6.10 Å². The fourth-order valence-electron chi connectivity index (χ4n) is 2.09. The van der Waals surface area contributed by atoms with Crippen molar-refractivity contribution in [3.63, 3.8) is 0 Å². The minimum Gasteiger partial charge on any atom is -0.479 e. The molecule has 6 nitrogen and oxygen atoms in total. The maximum absolute atomic E-state index is 12.1. The lowest BCUT2D eigenvalue weighted by Gasteiger charge is -2.32. The van der Waals surface area contributed by atoms with Crippen LogP contribution in [0.1, 0.15) is 13.3 Å². The van der Waals surface area contributed by atoms with Crippen molar-refractivity contribution in [3.8, 4) is 5.75 Å². The van der Waals surface area contributed by atoms with Crippen molar-refractivity contribution in [1.82, 2.24) is 5.32 Å². The molecule has 1 unspecified atom stereocenters. The number of nitrogens with one attached hydrogen (secondary N) is 1. The van der Waals surface area contributed by atoms with Crippen molar-refractivity contribution in [2.45, 2.75) is 19.4 Å². The summed E-state index contributed by atoms with van der Waals surface area (Å²) in [6.45, 7) is 2.11. The number of hydrogen-bond acceptors (Lipinski definition) is 4. The van der Waals surface area contributed by atoms with E-state index in [2.05, 4.69) is 5.32 Å². The van der Waals surface area contributed by atoms with Gasteiger partial charge in [-0.2, -0.15) is 0 Å². The lowest BCUT2D eigenvalue weighted by molar-refractivity contribution is -0.125. The molecule has 0 spiro atoms.